The zero-order valence-corrected chi connectivity index (χ0v) is 14.0. The van der Waals surface area contributed by atoms with Crippen molar-refractivity contribution >= 4 is 17.2 Å². The zero-order chi connectivity index (χ0) is 16.1. The van der Waals surface area contributed by atoms with Gasteiger partial charge in [-0.1, -0.05) is 12.1 Å². The van der Waals surface area contributed by atoms with Gasteiger partial charge in [-0.3, -0.25) is 9.69 Å². The number of likely N-dealkylation sites (tertiary alicyclic amines) is 1. The molecule has 0 aliphatic carbocycles. The molecule has 0 spiro atoms. The second-order valence-electron chi connectivity index (χ2n) is 5.75. The highest BCUT2D eigenvalue weighted by molar-refractivity contribution is 7.10. The summed E-state index contributed by atoms with van der Waals surface area (Å²) in [5.41, 5.74) is 1.16. The predicted octanol–water partition coefficient (Wildman–Crippen LogP) is 2.08. The lowest BCUT2D eigenvalue weighted by Crippen LogP contribution is -2.37. The minimum atomic E-state index is 0.116. The molecule has 0 saturated carbocycles. The Kier molecular flexibility index (Phi) is 5.25. The van der Waals surface area contributed by atoms with Gasteiger partial charge >= 0.3 is 0 Å². The number of thiophene rings is 1. The maximum absolute atomic E-state index is 12.1. The van der Waals surface area contributed by atoms with Gasteiger partial charge in [0.15, 0.2) is 0 Å². The van der Waals surface area contributed by atoms with Crippen molar-refractivity contribution in [3.63, 3.8) is 0 Å². The molecule has 0 bridgehead atoms. The summed E-state index contributed by atoms with van der Waals surface area (Å²) in [7, 11) is 1.62. The Hall–Kier alpha value is -1.92. The molecule has 1 N–H and O–H groups in total. The van der Waals surface area contributed by atoms with Gasteiger partial charge in [0.1, 0.15) is 0 Å². The van der Waals surface area contributed by atoms with Crippen LogP contribution in [0.1, 0.15) is 16.9 Å². The van der Waals surface area contributed by atoms with Crippen LogP contribution in [0.4, 0.5) is 0 Å². The van der Waals surface area contributed by atoms with E-state index in [9.17, 15) is 4.79 Å². The van der Waals surface area contributed by atoms with Crippen molar-refractivity contribution in [1.29, 1.82) is 0 Å². The Labute approximate surface area is 140 Å². The Bertz CT molecular complexity index is 628. The van der Waals surface area contributed by atoms with E-state index in [2.05, 4.69) is 15.2 Å². The number of carbonyl (C=O) groups is 1. The molecular weight excluding hydrogens is 310 g/mol. The summed E-state index contributed by atoms with van der Waals surface area (Å²) in [4.78, 5) is 19.7. The minimum Gasteiger partial charge on any atom is -0.481 e. The molecule has 1 aliphatic heterocycles. The molecule has 1 fully saturated rings. The number of amides is 1. The van der Waals surface area contributed by atoms with Crippen molar-refractivity contribution in [2.75, 3.05) is 20.2 Å². The largest absolute Gasteiger partial charge is 0.481 e. The maximum atomic E-state index is 12.1. The lowest BCUT2D eigenvalue weighted by atomic mass is 10.2. The van der Waals surface area contributed by atoms with Gasteiger partial charge in [0, 0.05) is 42.8 Å². The van der Waals surface area contributed by atoms with Crippen LogP contribution in [-0.4, -0.2) is 42.0 Å². The first kappa shape index (κ1) is 16.0. The van der Waals surface area contributed by atoms with Gasteiger partial charge in [0.25, 0.3) is 0 Å². The molecule has 3 rings (SSSR count). The van der Waals surface area contributed by atoms with Crippen molar-refractivity contribution in [3.05, 3.63) is 46.3 Å². The zero-order valence-electron chi connectivity index (χ0n) is 13.2. The summed E-state index contributed by atoms with van der Waals surface area (Å²) in [6.45, 7) is 2.74. The third kappa shape index (κ3) is 4.53. The number of carbonyl (C=O) groups excluding carboxylic acids is 1. The molecule has 1 saturated heterocycles. The number of hydrogen-bond donors (Lipinski definition) is 1. The molecule has 0 unspecified atom stereocenters. The van der Waals surface area contributed by atoms with Crippen molar-refractivity contribution in [2.45, 2.75) is 25.4 Å². The van der Waals surface area contributed by atoms with Crippen LogP contribution in [0.25, 0.3) is 0 Å². The summed E-state index contributed by atoms with van der Waals surface area (Å²) in [5.74, 6) is 0.749. The summed E-state index contributed by atoms with van der Waals surface area (Å²) in [6.07, 6.45) is 3.33. The van der Waals surface area contributed by atoms with Crippen LogP contribution in [0, 0.1) is 0 Å². The summed E-state index contributed by atoms with van der Waals surface area (Å²) in [5, 5.41) is 5.14. The van der Waals surface area contributed by atoms with Gasteiger partial charge in [-0.2, -0.15) is 0 Å². The third-order valence-corrected chi connectivity index (χ3v) is 4.84. The van der Waals surface area contributed by atoms with Gasteiger partial charge in [-0.15, -0.1) is 11.3 Å². The van der Waals surface area contributed by atoms with E-state index in [0.717, 1.165) is 36.5 Å². The molecule has 1 aliphatic rings. The number of ether oxygens (including phenoxy) is 1. The number of hydrogen-bond acceptors (Lipinski definition) is 5. The maximum Gasteiger partial charge on any atom is 0.225 e. The standard InChI is InChI=1S/C17H21N3O2S/c1-22-17-5-4-13(10-18-17)11-20-7-6-14(12-20)19-16(21)9-15-3-2-8-23-15/h2-5,8,10,14H,6-7,9,11-12H2,1H3,(H,19,21)/t14-/m1/s1. The number of nitrogens with zero attached hydrogens (tertiary/aromatic N) is 2. The van der Waals surface area contributed by atoms with E-state index < -0.39 is 0 Å². The van der Waals surface area contributed by atoms with Crippen LogP contribution in [0.2, 0.25) is 0 Å². The highest BCUT2D eigenvalue weighted by Gasteiger charge is 2.23. The van der Waals surface area contributed by atoms with E-state index in [4.69, 9.17) is 4.74 Å². The number of nitrogens with one attached hydrogen (secondary N) is 1. The van der Waals surface area contributed by atoms with Gasteiger partial charge < -0.3 is 10.1 Å². The molecule has 6 heteroatoms. The average Bonchev–Trinajstić information content (AvgIpc) is 3.20. The van der Waals surface area contributed by atoms with Crippen LogP contribution in [0.5, 0.6) is 5.88 Å². The van der Waals surface area contributed by atoms with E-state index in [1.165, 1.54) is 0 Å². The fourth-order valence-corrected chi connectivity index (χ4v) is 3.53. The fraction of sp³-hybridized carbons (Fsp3) is 0.412. The Balaban J connectivity index is 1.45. The predicted molar refractivity (Wildman–Crippen MR) is 90.6 cm³/mol. The molecule has 5 nitrogen and oxygen atoms in total. The van der Waals surface area contributed by atoms with Crippen LogP contribution in [-0.2, 0) is 17.8 Å². The van der Waals surface area contributed by atoms with E-state index in [0.29, 0.717) is 12.3 Å². The Morgan fingerprint density at radius 2 is 2.39 bits per heavy atom. The van der Waals surface area contributed by atoms with Crippen molar-refractivity contribution in [3.8, 4) is 5.88 Å². The molecule has 1 amide bonds. The van der Waals surface area contributed by atoms with E-state index in [-0.39, 0.29) is 11.9 Å². The first-order chi connectivity index (χ1) is 11.2. The minimum absolute atomic E-state index is 0.116. The summed E-state index contributed by atoms with van der Waals surface area (Å²) in [6, 6.07) is 8.14. The summed E-state index contributed by atoms with van der Waals surface area (Å²) >= 11 is 1.63. The average molecular weight is 331 g/mol. The monoisotopic (exact) mass is 331 g/mol. The fourth-order valence-electron chi connectivity index (χ4n) is 2.83. The molecular formula is C17H21N3O2S. The van der Waals surface area contributed by atoms with Crippen LogP contribution in [0.15, 0.2) is 35.8 Å². The summed E-state index contributed by atoms with van der Waals surface area (Å²) < 4.78 is 5.07. The SMILES string of the molecule is COc1ccc(CN2CC[C@@H](NC(=O)Cc3cccs3)C2)cn1. The molecule has 1 atom stereocenters. The van der Waals surface area contributed by atoms with E-state index in [1.807, 2.05) is 35.8 Å². The van der Waals surface area contributed by atoms with Crippen LogP contribution < -0.4 is 10.1 Å². The lowest BCUT2D eigenvalue weighted by molar-refractivity contribution is -0.121. The van der Waals surface area contributed by atoms with Gasteiger partial charge in [0.05, 0.1) is 13.5 Å². The second-order valence-corrected chi connectivity index (χ2v) is 6.79. The number of methoxy groups -OCH3 is 1. The first-order valence-electron chi connectivity index (χ1n) is 7.76. The Morgan fingerprint density at radius 1 is 1.48 bits per heavy atom. The molecule has 23 heavy (non-hydrogen) atoms. The number of rotatable bonds is 6. The van der Waals surface area contributed by atoms with Gasteiger partial charge in [-0.25, -0.2) is 4.98 Å². The highest BCUT2D eigenvalue weighted by Crippen LogP contribution is 2.15. The van der Waals surface area contributed by atoms with Crippen LogP contribution >= 0.6 is 11.3 Å². The first-order valence-corrected chi connectivity index (χ1v) is 8.64. The molecule has 0 aromatic carbocycles. The Morgan fingerprint density at radius 3 is 3.09 bits per heavy atom. The van der Waals surface area contributed by atoms with Crippen LogP contribution in [0.3, 0.4) is 0 Å². The molecule has 0 radical (unpaired) electrons. The lowest BCUT2D eigenvalue weighted by Gasteiger charge is -2.16. The van der Waals surface area contributed by atoms with Crippen molar-refractivity contribution in [2.24, 2.45) is 0 Å². The van der Waals surface area contributed by atoms with Gasteiger partial charge in [-0.05, 0) is 23.4 Å². The molecule has 2 aromatic rings. The van der Waals surface area contributed by atoms with Gasteiger partial charge in [0.2, 0.25) is 11.8 Å². The number of aromatic nitrogens is 1. The molecule has 3 heterocycles. The molecule has 2 aromatic heterocycles. The topological polar surface area (TPSA) is 54.5 Å². The highest BCUT2D eigenvalue weighted by atomic mass is 32.1. The molecule has 122 valence electrons. The van der Waals surface area contributed by atoms with E-state index >= 15 is 0 Å². The smallest absolute Gasteiger partial charge is 0.225 e. The second kappa shape index (κ2) is 7.57. The normalized spacial score (nSPS) is 18.0. The van der Waals surface area contributed by atoms with Crippen molar-refractivity contribution in [1.82, 2.24) is 15.2 Å². The quantitative estimate of drug-likeness (QED) is 0.881. The van der Waals surface area contributed by atoms with E-state index in [1.54, 1.807) is 18.4 Å². The third-order valence-electron chi connectivity index (χ3n) is 3.97. The number of pyridine rings is 1. The van der Waals surface area contributed by atoms with Crippen molar-refractivity contribution < 1.29 is 9.53 Å².